The molecule has 0 fully saturated rings. The highest BCUT2D eigenvalue weighted by Gasteiger charge is 2.22. The third-order valence-corrected chi connectivity index (χ3v) is 5.08. The summed E-state index contributed by atoms with van der Waals surface area (Å²) in [6, 6.07) is 20.4. The minimum Gasteiger partial charge on any atom is -0.494 e. The molecule has 4 heteroatoms. The molecule has 0 saturated heterocycles. The molecule has 1 N–H and O–H groups in total. The first kappa shape index (κ1) is 18.4. The molecule has 3 aromatic rings. The highest BCUT2D eigenvalue weighted by atomic mass is 16.5. The summed E-state index contributed by atoms with van der Waals surface area (Å²) in [5.41, 5.74) is 2.25. The Bertz CT molecular complexity index is 983. The SMILES string of the molecule is Cc1ccc2c(c1)C(NC(=O)CCCOc1ccc3ccccc3c1)CCO2. The van der Waals surface area contributed by atoms with Gasteiger partial charge < -0.3 is 14.8 Å². The maximum atomic E-state index is 12.4. The highest BCUT2D eigenvalue weighted by Crippen LogP contribution is 2.32. The number of hydrogen-bond donors (Lipinski definition) is 1. The summed E-state index contributed by atoms with van der Waals surface area (Å²) in [6.07, 6.45) is 1.93. The van der Waals surface area contributed by atoms with Gasteiger partial charge in [-0.2, -0.15) is 0 Å². The van der Waals surface area contributed by atoms with Crippen LogP contribution in [0, 0.1) is 6.92 Å². The van der Waals surface area contributed by atoms with Gasteiger partial charge >= 0.3 is 0 Å². The highest BCUT2D eigenvalue weighted by molar-refractivity contribution is 5.83. The van der Waals surface area contributed by atoms with Gasteiger partial charge in [0.25, 0.3) is 0 Å². The first-order valence-corrected chi connectivity index (χ1v) is 9.83. The average molecular weight is 375 g/mol. The lowest BCUT2D eigenvalue weighted by Gasteiger charge is -2.27. The number of hydrogen-bond acceptors (Lipinski definition) is 3. The van der Waals surface area contributed by atoms with Crippen molar-refractivity contribution in [3.05, 3.63) is 71.8 Å². The van der Waals surface area contributed by atoms with Crippen LogP contribution in [0.4, 0.5) is 0 Å². The molecule has 3 aromatic carbocycles. The number of amides is 1. The molecular weight excluding hydrogens is 350 g/mol. The van der Waals surface area contributed by atoms with E-state index in [0.717, 1.165) is 28.9 Å². The van der Waals surface area contributed by atoms with Gasteiger partial charge in [-0.25, -0.2) is 0 Å². The van der Waals surface area contributed by atoms with Gasteiger partial charge in [-0.3, -0.25) is 4.79 Å². The van der Waals surface area contributed by atoms with E-state index < -0.39 is 0 Å². The second kappa shape index (κ2) is 8.34. The van der Waals surface area contributed by atoms with Gasteiger partial charge in [0.05, 0.1) is 19.3 Å². The molecule has 28 heavy (non-hydrogen) atoms. The van der Waals surface area contributed by atoms with Crippen molar-refractivity contribution in [2.24, 2.45) is 0 Å². The molecule has 0 radical (unpaired) electrons. The van der Waals surface area contributed by atoms with Crippen LogP contribution in [0.15, 0.2) is 60.7 Å². The standard InChI is InChI=1S/C24H25NO3/c1-17-8-11-23-21(15-17)22(12-14-28-23)25-24(26)7-4-13-27-20-10-9-18-5-2-3-6-19(18)16-20/h2-3,5-6,8-11,15-16,22H,4,7,12-14H2,1H3,(H,25,26). The fraction of sp³-hybridized carbons (Fsp3) is 0.292. The van der Waals surface area contributed by atoms with Crippen LogP contribution < -0.4 is 14.8 Å². The van der Waals surface area contributed by atoms with Crippen molar-refractivity contribution in [1.29, 1.82) is 0 Å². The Morgan fingerprint density at radius 1 is 1.11 bits per heavy atom. The largest absolute Gasteiger partial charge is 0.494 e. The third-order valence-electron chi connectivity index (χ3n) is 5.08. The normalized spacial score (nSPS) is 15.5. The zero-order chi connectivity index (χ0) is 19.3. The van der Waals surface area contributed by atoms with Crippen LogP contribution in [-0.4, -0.2) is 19.1 Å². The Hall–Kier alpha value is -3.01. The number of aryl methyl sites for hydroxylation is 1. The maximum absolute atomic E-state index is 12.4. The van der Waals surface area contributed by atoms with E-state index in [9.17, 15) is 4.79 Å². The van der Waals surface area contributed by atoms with Crippen LogP contribution in [0.2, 0.25) is 0 Å². The molecule has 144 valence electrons. The van der Waals surface area contributed by atoms with Crippen molar-refractivity contribution in [3.63, 3.8) is 0 Å². The molecular formula is C24H25NO3. The third kappa shape index (κ3) is 4.28. The molecule has 0 aromatic heterocycles. The molecule has 1 aliphatic rings. The molecule has 1 atom stereocenters. The number of benzene rings is 3. The summed E-state index contributed by atoms with van der Waals surface area (Å²) in [4.78, 5) is 12.4. The van der Waals surface area contributed by atoms with Crippen molar-refractivity contribution >= 4 is 16.7 Å². The average Bonchev–Trinajstić information content (AvgIpc) is 2.71. The van der Waals surface area contributed by atoms with Crippen molar-refractivity contribution in [3.8, 4) is 11.5 Å². The number of carbonyl (C=O) groups is 1. The molecule has 0 saturated carbocycles. The number of rotatable bonds is 6. The van der Waals surface area contributed by atoms with E-state index >= 15 is 0 Å². The summed E-state index contributed by atoms with van der Waals surface area (Å²) in [5, 5.41) is 5.50. The second-order valence-corrected chi connectivity index (χ2v) is 7.26. The van der Waals surface area contributed by atoms with Gasteiger partial charge in [0.1, 0.15) is 11.5 Å². The fourth-order valence-corrected chi connectivity index (χ4v) is 3.61. The summed E-state index contributed by atoms with van der Waals surface area (Å²) in [5.74, 6) is 1.77. The Balaban J connectivity index is 1.26. The quantitative estimate of drug-likeness (QED) is 0.620. The zero-order valence-electron chi connectivity index (χ0n) is 16.1. The Morgan fingerprint density at radius 3 is 2.86 bits per heavy atom. The van der Waals surface area contributed by atoms with Gasteiger partial charge in [-0.15, -0.1) is 0 Å². The minimum atomic E-state index is 0.0255. The topological polar surface area (TPSA) is 47.6 Å². The van der Waals surface area contributed by atoms with Crippen LogP contribution in [0.1, 0.15) is 36.4 Å². The van der Waals surface area contributed by atoms with Crippen LogP contribution in [0.25, 0.3) is 10.8 Å². The van der Waals surface area contributed by atoms with Crippen molar-refractivity contribution in [2.75, 3.05) is 13.2 Å². The molecule has 4 rings (SSSR count). The van der Waals surface area contributed by atoms with E-state index in [-0.39, 0.29) is 11.9 Å². The summed E-state index contributed by atoms with van der Waals surface area (Å²) >= 11 is 0. The van der Waals surface area contributed by atoms with Crippen LogP contribution in [-0.2, 0) is 4.79 Å². The summed E-state index contributed by atoms with van der Waals surface area (Å²) in [6.45, 7) is 3.21. The number of carbonyl (C=O) groups excluding carboxylic acids is 1. The van der Waals surface area contributed by atoms with Crippen LogP contribution >= 0.6 is 0 Å². The maximum Gasteiger partial charge on any atom is 0.220 e. The van der Waals surface area contributed by atoms with Crippen molar-refractivity contribution < 1.29 is 14.3 Å². The molecule has 1 aliphatic heterocycles. The smallest absolute Gasteiger partial charge is 0.220 e. The Morgan fingerprint density at radius 2 is 1.96 bits per heavy atom. The Kier molecular flexibility index (Phi) is 5.47. The van der Waals surface area contributed by atoms with Crippen molar-refractivity contribution in [1.82, 2.24) is 5.32 Å². The number of fused-ring (bicyclic) bond motifs is 2. The van der Waals surface area contributed by atoms with Crippen LogP contribution in [0.5, 0.6) is 11.5 Å². The molecule has 1 heterocycles. The van der Waals surface area contributed by atoms with Gasteiger partial charge in [0, 0.05) is 18.4 Å². The molecule has 1 unspecified atom stereocenters. The molecule has 0 spiro atoms. The van der Waals surface area contributed by atoms with Gasteiger partial charge in [0.2, 0.25) is 5.91 Å². The van der Waals surface area contributed by atoms with E-state index in [1.165, 1.54) is 10.9 Å². The lowest BCUT2D eigenvalue weighted by Crippen LogP contribution is -2.32. The number of nitrogens with one attached hydrogen (secondary N) is 1. The predicted octanol–water partition coefficient (Wildman–Crippen LogP) is 4.95. The van der Waals surface area contributed by atoms with Gasteiger partial charge in [-0.1, -0.05) is 48.0 Å². The lowest BCUT2D eigenvalue weighted by molar-refractivity contribution is -0.122. The fourth-order valence-electron chi connectivity index (χ4n) is 3.61. The van der Waals surface area contributed by atoms with E-state index in [1.54, 1.807) is 0 Å². The first-order chi connectivity index (χ1) is 13.7. The van der Waals surface area contributed by atoms with E-state index in [2.05, 4.69) is 36.5 Å². The zero-order valence-corrected chi connectivity index (χ0v) is 16.1. The van der Waals surface area contributed by atoms with E-state index in [0.29, 0.717) is 26.1 Å². The molecule has 4 nitrogen and oxygen atoms in total. The Labute approximate surface area is 165 Å². The number of ether oxygens (including phenoxy) is 2. The van der Waals surface area contributed by atoms with E-state index in [1.807, 2.05) is 36.4 Å². The molecule has 1 amide bonds. The lowest BCUT2D eigenvalue weighted by atomic mass is 9.98. The van der Waals surface area contributed by atoms with E-state index in [4.69, 9.17) is 9.47 Å². The summed E-state index contributed by atoms with van der Waals surface area (Å²) in [7, 11) is 0. The minimum absolute atomic E-state index is 0.0255. The predicted molar refractivity (Wildman–Crippen MR) is 111 cm³/mol. The monoisotopic (exact) mass is 375 g/mol. The second-order valence-electron chi connectivity index (χ2n) is 7.26. The first-order valence-electron chi connectivity index (χ1n) is 9.83. The summed E-state index contributed by atoms with van der Waals surface area (Å²) < 4.78 is 11.5. The molecule has 0 bridgehead atoms. The molecule has 0 aliphatic carbocycles. The van der Waals surface area contributed by atoms with Gasteiger partial charge in [-0.05, 0) is 42.3 Å². The van der Waals surface area contributed by atoms with Crippen LogP contribution in [0.3, 0.4) is 0 Å². The van der Waals surface area contributed by atoms with Gasteiger partial charge in [0.15, 0.2) is 0 Å². The van der Waals surface area contributed by atoms with Crippen molar-refractivity contribution in [2.45, 2.75) is 32.2 Å².